The summed E-state index contributed by atoms with van der Waals surface area (Å²) in [6.07, 6.45) is 2.27. The van der Waals surface area contributed by atoms with E-state index in [2.05, 4.69) is 10.6 Å². The summed E-state index contributed by atoms with van der Waals surface area (Å²) >= 11 is 1.61. The fourth-order valence-electron chi connectivity index (χ4n) is 1.38. The molecule has 3 N–H and O–H groups in total. The predicted molar refractivity (Wildman–Crippen MR) is 76.7 cm³/mol. The lowest BCUT2D eigenvalue weighted by atomic mass is 10.00. The maximum Gasteiger partial charge on any atom is 0.329 e. The number of carboxylic acids is 1. The van der Waals surface area contributed by atoms with Crippen molar-refractivity contribution >= 4 is 29.4 Å². The van der Waals surface area contributed by atoms with Crippen molar-refractivity contribution in [1.29, 1.82) is 0 Å². The number of carbonyl (C=O) groups excluding carboxylic acids is 1. The van der Waals surface area contributed by atoms with Gasteiger partial charge < -0.3 is 15.7 Å². The van der Waals surface area contributed by atoms with Crippen LogP contribution >= 0.6 is 11.8 Å². The molecule has 6 heteroatoms. The van der Waals surface area contributed by atoms with Gasteiger partial charge in [-0.1, -0.05) is 6.92 Å². The third-order valence-corrected chi connectivity index (χ3v) is 3.66. The van der Waals surface area contributed by atoms with Crippen molar-refractivity contribution in [3.8, 4) is 0 Å². The molecule has 1 atom stereocenters. The van der Waals surface area contributed by atoms with Crippen LogP contribution in [0.15, 0.2) is 29.2 Å². The van der Waals surface area contributed by atoms with Crippen LogP contribution in [-0.4, -0.2) is 28.9 Å². The molecule has 1 rings (SSSR count). The van der Waals surface area contributed by atoms with Crippen LogP contribution in [0, 0.1) is 0 Å². The molecule has 1 aromatic rings. The highest BCUT2D eigenvalue weighted by Gasteiger charge is 2.32. The summed E-state index contributed by atoms with van der Waals surface area (Å²) in [5.74, 6) is -1.05. The topological polar surface area (TPSA) is 78.4 Å². The van der Waals surface area contributed by atoms with E-state index in [1.54, 1.807) is 30.8 Å². The fraction of sp³-hybridized carbons (Fsp3) is 0.385. The van der Waals surface area contributed by atoms with Crippen molar-refractivity contribution in [3.05, 3.63) is 24.3 Å². The van der Waals surface area contributed by atoms with Gasteiger partial charge in [-0.2, -0.15) is 0 Å². The zero-order chi connectivity index (χ0) is 14.5. The summed E-state index contributed by atoms with van der Waals surface area (Å²) in [7, 11) is 0. The number of anilines is 1. The summed E-state index contributed by atoms with van der Waals surface area (Å²) in [6, 6.07) is 6.79. The zero-order valence-electron chi connectivity index (χ0n) is 11.2. The Kier molecular flexibility index (Phi) is 5.23. The number of nitrogens with one attached hydrogen (secondary N) is 2. The molecule has 19 heavy (non-hydrogen) atoms. The van der Waals surface area contributed by atoms with E-state index in [1.165, 1.54) is 6.92 Å². The van der Waals surface area contributed by atoms with E-state index in [4.69, 9.17) is 5.11 Å². The lowest BCUT2D eigenvalue weighted by Crippen LogP contribution is -2.53. The van der Waals surface area contributed by atoms with E-state index in [-0.39, 0.29) is 0 Å². The standard InChI is InChI=1S/C13H18N2O3S/c1-4-13(2,11(16)17)15-12(18)14-9-5-7-10(19-3)8-6-9/h5-8H,4H2,1-3H3,(H,16,17)(H2,14,15,18). The van der Waals surface area contributed by atoms with Crippen LogP contribution in [0.1, 0.15) is 20.3 Å². The lowest BCUT2D eigenvalue weighted by Gasteiger charge is -2.24. The van der Waals surface area contributed by atoms with Crippen LogP contribution in [0.4, 0.5) is 10.5 Å². The lowest BCUT2D eigenvalue weighted by molar-refractivity contribution is -0.143. The Bertz CT molecular complexity index is 461. The van der Waals surface area contributed by atoms with Gasteiger partial charge in [-0.05, 0) is 43.9 Å². The zero-order valence-corrected chi connectivity index (χ0v) is 12.0. The molecule has 0 aliphatic rings. The highest BCUT2D eigenvalue weighted by molar-refractivity contribution is 7.98. The number of hydrogen-bond donors (Lipinski definition) is 3. The van der Waals surface area contributed by atoms with Crippen molar-refractivity contribution in [1.82, 2.24) is 5.32 Å². The first-order valence-corrected chi connectivity index (χ1v) is 7.10. The Morgan fingerprint density at radius 3 is 2.32 bits per heavy atom. The maximum atomic E-state index is 11.8. The van der Waals surface area contributed by atoms with Crippen molar-refractivity contribution in [2.24, 2.45) is 0 Å². The molecule has 0 heterocycles. The van der Waals surface area contributed by atoms with Crippen LogP contribution in [0.5, 0.6) is 0 Å². The summed E-state index contributed by atoms with van der Waals surface area (Å²) in [5, 5.41) is 14.2. The second-order valence-corrected chi connectivity index (χ2v) is 5.18. The van der Waals surface area contributed by atoms with Crippen LogP contribution < -0.4 is 10.6 Å². The Balaban J connectivity index is 2.66. The molecule has 2 amide bonds. The van der Waals surface area contributed by atoms with E-state index < -0.39 is 17.5 Å². The van der Waals surface area contributed by atoms with Gasteiger partial charge in [0.05, 0.1) is 0 Å². The average Bonchev–Trinajstić information content (AvgIpc) is 2.39. The van der Waals surface area contributed by atoms with Crippen LogP contribution in [0.25, 0.3) is 0 Å². The number of carboxylic acid groups (broad SMARTS) is 1. The molecule has 0 saturated heterocycles. The molecular weight excluding hydrogens is 264 g/mol. The van der Waals surface area contributed by atoms with Crippen LogP contribution in [0.2, 0.25) is 0 Å². The number of benzene rings is 1. The summed E-state index contributed by atoms with van der Waals surface area (Å²) in [6.45, 7) is 3.19. The molecule has 1 unspecified atom stereocenters. The predicted octanol–water partition coefficient (Wildman–Crippen LogP) is 2.78. The van der Waals surface area contributed by atoms with Gasteiger partial charge in [-0.3, -0.25) is 0 Å². The first-order valence-electron chi connectivity index (χ1n) is 5.88. The molecule has 0 radical (unpaired) electrons. The summed E-state index contributed by atoms with van der Waals surface area (Å²) < 4.78 is 0. The Labute approximate surface area is 116 Å². The monoisotopic (exact) mass is 282 g/mol. The second-order valence-electron chi connectivity index (χ2n) is 4.30. The molecule has 0 aromatic heterocycles. The van der Waals surface area contributed by atoms with Gasteiger partial charge in [0.1, 0.15) is 5.54 Å². The van der Waals surface area contributed by atoms with E-state index in [0.29, 0.717) is 12.1 Å². The number of carbonyl (C=O) groups is 2. The summed E-state index contributed by atoms with van der Waals surface area (Å²) in [5.41, 5.74) is -0.636. The highest BCUT2D eigenvalue weighted by Crippen LogP contribution is 2.17. The van der Waals surface area contributed by atoms with Gasteiger partial charge in [0, 0.05) is 10.6 Å². The summed E-state index contributed by atoms with van der Waals surface area (Å²) in [4.78, 5) is 23.9. The molecule has 1 aromatic carbocycles. The quantitative estimate of drug-likeness (QED) is 0.726. The van der Waals surface area contributed by atoms with Crippen LogP contribution in [-0.2, 0) is 4.79 Å². The second kappa shape index (κ2) is 6.47. The Morgan fingerprint density at radius 2 is 1.89 bits per heavy atom. The van der Waals surface area contributed by atoms with Crippen molar-refractivity contribution in [2.45, 2.75) is 30.7 Å². The minimum atomic E-state index is -1.26. The normalized spacial score (nSPS) is 13.4. The van der Waals surface area contributed by atoms with Gasteiger partial charge in [0.2, 0.25) is 0 Å². The van der Waals surface area contributed by atoms with Gasteiger partial charge in [-0.25, -0.2) is 9.59 Å². The van der Waals surface area contributed by atoms with Crippen molar-refractivity contribution in [2.75, 3.05) is 11.6 Å². The largest absolute Gasteiger partial charge is 0.480 e. The number of aliphatic carboxylic acids is 1. The SMILES string of the molecule is CCC(C)(NC(=O)Nc1ccc(SC)cc1)C(=O)O. The van der Waals surface area contributed by atoms with Gasteiger partial charge in [0.15, 0.2) is 0 Å². The first-order chi connectivity index (χ1) is 8.91. The molecule has 5 nitrogen and oxygen atoms in total. The smallest absolute Gasteiger partial charge is 0.329 e. The number of thioether (sulfide) groups is 1. The first kappa shape index (κ1) is 15.4. The van der Waals surface area contributed by atoms with E-state index in [0.717, 1.165) is 4.90 Å². The number of amides is 2. The molecule has 104 valence electrons. The molecule has 0 bridgehead atoms. The molecule has 0 aliphatic carbocycles. The molecule has 0 spiro atoms. The third-order valence-electron chi connectivity index (χ3n) is 2.92. The maximum absolute atomic E-state index is 11.8. The Morgan fingerprint density at radius 1 is 1.32 bits per heavy atom. The Hall–Kier alpha value is -1.69. The fourth-order valence-corrected chi connectivity index (χ4v) is 1.79. The number of rotatable bonds is 5. The van der Waals surface area contributed by atoms with E-state index in [9.17, 15) is 9.59 Å². The number of urea groups is 1. The molecule has 0 fully saturated rings. The third kappa shape index (κ3) is 4.17. The van der Waals surface area contributed by atoms with Gasteiger partial charge in [0.25, 0.3) is 0 Å². The van der Waals surface area contributed by atoms with E-state index >= 15 is 0 Å². The van der Waals surface area contributed by atoms with E-state index in [1.807, 2.05) is 18.4 Å². The molecule has 0 saturated carbocycles. The van der Waals surface area contributed by atoms with Gasteiger partial charge in [-0.15, -0.1) is 11.8 Å². The molecular formula is C13H18N2O3S. The van der Waals surface area contributed by atoms with Crippen LogP contribution in [0.3, 0.4) is 0 Å². The van der Waals surface area contributed by atoms with Crippen molar-refractivity contribution in [3.63, 3.8) is 0 Å². The number of hydrogen-bond acceptors (Lipinski definition) is 3. The minimum Gasteiger partial charge on any atom is -0.480 e. The minimum absolute atomic E-state index is 0.307. The average molecular weight is 282 g/mol. The highest BCUT2D eigenvalue weighted by atomic mass is 32.2. The van der Waals surface area contributed by atoms with Crippen molar-refractivity contribution < 1.29 is 14.7 Å². The molecule has 0 aliphatic heterocycles. The van der Waals surface area contributed by atoms with Gasteiger partial charge >= 0.3 is 12.0 Å².